The highest BCUT2D eigenvalue weighted by Gasteiger charge is 2.43. The summed E-state index contributed by atoms with van der Waals surface area (Å²) in [6.07, 6.45) is 5.30. The predicted octanol–water partition coefficient (Wildman–Crippen LogP) is 1.88. The largest absolute Gasteiger partial charge is 0.480 e. The molecule has 0 bridgehead atoms. The van der Waals surface area contributed by atoms with E-state index in [1.54, 1.807) is 6.08 Å². The quantitative estimate of drug-likeness (QED) is 0.190. The average molecular weight is 427 g/mol. The highest BCUT2D eigenvalue weighted by atomic mass is 31.2. The third-order valence-electron chi connectivity index (χ3n) is 3.92. The number of hydrogen-bond acceptors (Lipinski definition) is 5. The summed E-state index contributed by atoms with van der Waals surface area (Å²) >= 11 is 0. The van der Waals surface area contributed by atoms with Crippen LogP contribution >= 0.6 is 15.0 Å². The van der Waals surface area contributed by atoms with Crippen molar-refractivity contribution in [1.82, 2.24) is 5.32 Å². The van der Waals surface area contributed by atoms with Crippen LogP contribution in [0.25, 0.3) is 0 Å². The average Bonchev–Trinajstić information content (AvgIpc) is 2.49. The molecule has 0 aromatic rings. The number of aliphatic carboxylic acids is 1. The molecule has 0 radical (unpaired) electrons. The Morgan fingerprint density at radius 2 is 1.67 bits per heavy atom. The van der Waals surface area contributed by atoms with Crippen LogP contribution in [-0.2, 0) is 13.9 Å². The summed E-state index contributed by atoms with van der Waals surface area (Å²) in [6.45, 7) is 4.35. The number of aliphatic hydroxyl groups is 1. The van der Waals surface area contributed by atoms with Gasteiger partial charge >= 0.3 is 13.6 Å². The SMILES string of the molecule is CC(C)=CCC/C(C)=C/CCP(=O)(O)C(CN[C@@H](CO)C(=O)O)P(=O)(O)O. The summed E-state index contributed by atoms with van der Waals surface area (Å²) in [7, 11) is -9.24. The fourth-order valence-electron chi connectivity index (χ4n) is 2.31. The zero-order valence-corrected chi connectivity index (χ0v) is 17.7. The smallest absolute Gasteiger partial charge is 0.339 e. The van der Waals surface area contributed by atoms with Crippen LogP contribution in [0.3, 0.4) is 0 Å². The van der Waals surface area contributed by atoms with Crippen LogP contribution in [0.15, 0.2) is 23.3 Å². The van der Waals surface area contributed by atoms with Crippen molar-refractivity contribution in [3.8, 4) is 0 Å². The van der Waals surface area contributed by atoms with E-state index in [1.165, 1.54) is 5.57 Å². The monoisotopic (exact) mass is 427 g/mol. The van der Waals surface area contributed by atoms with E-state index in [1.807, 2.05) is 20.8 Å². The first kappa shape index (κ1) is 26.2. The molecule has 11 heteroatoms. The van der Waals surface area contributed by atoms with Crippen molar-refractivity contribution in [1.29, 1.82) is 0 Å². The lowest BCUT2D eigenvalue weighted by Crippen LogP contribution is -2.43. The first-order valence-corrected chi connectivity index (χ1v) is 12.1. The number of nitrogens with one attached hydrogen (secondary N) is 1. The van der Waals surface area contributed by atoms with Gasteiger partial charge in [-0.25, -0.2) is 0 Å². The molecular weight excluding hydrogens is 396 g/mol. The third kappa shape index (κ3) is 11.0. The van der Waals surface area contributed by atoms with E-state index >= 15 is 0 Å². The Bertz CT molecular complexity index is 636. The normalized spacial score (nSPS) is 17.1. The zero-order chi connectivity index (χ0) is 21.3. The molecule has 0 heterocycles. The van der Waals surface area contributed by atoms with Crippen molar-refractivity contribution >= 4 is 20.9 Å². The molecule has 0 saturated heterocycles. The highest BCUT2D eigenvalue weighted by molar-refractivity contribution is 7.74. The second-order valence-corrected chi connectivity index (χ2v) is 11.5. The summed E-state index contributed by atoms with van der Waals surface area (Å²) in [5.41, 5.74) is 2.20. The number of aliphatic hydroxyl groups excluding tert-OH is 1. The fraction of sp³-hybridized carbons (Fsp3) is 0.688. The number of allylic oxidation sites excluding steroid dienone is 4. The van der Waals surface area contributed by atoms with Crippen molar-refractivity contribution in [3.05, 3.63) is 23.3 Å². The van der Waals surface area contributed by atoms with E-state index in [2.05, 4.69) is 11.4 Å². The molecule has 27 heavy (non-hydrogen) atoms. The molecular formula is C16H31NO8P2. The van der Waals surface area contributed by atoms with Crippen LogP contribution in [0, 0.1) is 0 Å². The molecule has 0 fully saturated rings. The molecule has 0 saturated carbocycles. The molecule has 0 aromatic carbocycles. The summed E-state index contributed by atoms with van der Waals surface area (Å²) in [4.78, 5) is 39.9. The minimum Gasteiger partial charge on any atom is -0.480 e. The number of hydrogen-bond donors (Lipinski definition) is 6. The van der Waals surface area contributed by atoms with Crippen molar-refractivity contribution in [3.63, 3.8) is 0 Å². The maximum absolute atomic E-state index is 12.5. The van der Waals surface area contributed by atoms with Crippen molar-refractivity contribution < 1.29 is 38.8 Å². The molecule has 0 aliphatic rings. The molecule has 0 amide bonds. The van der Waals surface area contributed by atoms with Crippen LogP contribution in [0.5, 0.6) is 0 Å². The van der Waals surface area contributed by atoms with E-state index in [-0.39, 0.29) is 12.6 Å². The molecule has 3 atom stereocenters. The lowest BCUT2D eigenvalue weighted by molar-refractivity contribution is -0.140. The number of carboxylic acids is 1. The summed E-state index contributed by atoms with van der Waals surface area (Å²) in [5, 5.41) is 18.1. The van der Waals surface area contributed by atoms with Gasteiger partial charge in [-0.05, 0) is 40.0 Å². The molecule has 158 valence electrons. The van der Waals surface area contributed by atoms with Gasteiger partial charge in [0.05, 0.1) is 6.61 Å². The number of carboxylic acid groups (broad SMARTS) is 1. The molecule has 0 aliphatic carbocycles. The Morgan fingerprint density at radius 3 is 2.11 bits per heavy atom. The molecule has 2 unspecified atom stereocenters. The summed E-state index contributed by atoms with van der Waals surface area (Å²) in [5.74, 6) is -1.43. The van der Waals surface area contributed by atoms with E-state index in [9.17, 15) is 28.6 Å². The number of rotatable bonds is 13. The molecule has 0 rings (SSSR count). The first-order chi connectivity index (χ1) is 12.3. The maximum Gasteiger partial charge on any atom is 0.339 e. The lowest BCUT2D eigenvalue weighted by atomic mass is 10.1. The van der Waals surface area contributed by atoms with Gasteiger partial charge in [-0.1, -0.05) is 23.3 Å². The van der Waals surface area contributed by atoms with Gasteiger partial charge in [-0.2, -0.15) is 0 Å². The van der Waals surface area contributed by atoms with Crippen LogP contribution < -0.4 is 5.32 Å². The molecule has 0 aliphatic heterocycles. The number of carbonyl (C=O) groups is 1. The van der Waals surface area contributed by atoms with E-state index in [4.69, 9.17) is 10.2 Å². The van der Waals surface area contributed by atoms with Gasteiger partial charge in [0.25, 0.3) is 0 Å². The first-order valence-electron chi connectivity index (χ1n) is 8.54. The molecule has 0 aromatic heterocycles. The second kappa shape index (κ2) is 11.9. The van der Waals surface area contributed by atoms with Crippen LogP contribution in [0.1, 0.15) is 40.0 Å². The fourth-order valence-corrected chi connectivity index (χ4v) is 6.07. The maximum atomic E-state index is 12.5. The summed E-state index contributed by atoms with van der Waals surface area (Å²) in [6, 6.07) is -1.48. The van der Waals surface area contributed by atoms with Gasteiger partial charge in [0.1, 0.15) is 11.4 Å². The van der Waals surface area contributed by atoms with Crippen LogP contribution in [-0.4, -0.2) is 61.6 Å². The predicted molar refractivity (Wildman–Crippen MR) is 104 cm³/mol. The van der Waals surface area contributed by atoms with Gasteiger partial charge in [0, 0.05) is 12.7 Å². The van der Waals surface area contributed by atoms with Crippen molar-refractivity contribution in [2.75, 3.05) is 19.3 Å². The van der Waals surface area contributed by atoms with Gasteiger partial charge < -0.3 is 30.2 Å². The van der Waals surface area contributed by atoms with Crippen LogP contribution in [0.2, 0.25) is 0 Å². The Balaban J connectivity index is 4.96. The second-order valence-electron chi connectivity index (χ2n) is 6.69. The van der Waals surface area contributed by atoms with Gasteiger partial charge in [0.2, 0.25) is 7.37 Å². The standard InChI is InChI=1S/C16H31NO8P2/c1-12(2)6-4-7-13(3)8-5-9-26(21,22)15(27(23,24)25)10-17-14(11-18)16(19)20/h6,8,14-15,17-18H,4-5,7,9-11H2,1-3H3,(H,19,20)(H,21,22)(H2,23,24,25)/b13-8+/t14-,15?/m0/s1. The molecule has 0 spiro atoms. The Morgan fingerprint density at radius 1 is 1.07 bits per heavy atom. The third-order valence-corrected chi connectivity index (χ3v) is 8.87. The van der Waals surface area contributed by atoms with Crippen LogP contribution in [0.4, 0.5) is 0 Å². The van der Waals surface area contributed by atoms with E-state index in [0.717, 1.165) is 18.4 Å². The van der Waals surface area contributed by atoms with Gasteiger partial charge in [0.15, 0.2) is 0 Å². The zero-order valence-electron chi connectivity index (χ0n) is 15.9. The summed E-state index contributed by atoms with van der Waals surface area (Å²) < 4.78 is 24.1. The lowest BCUT2D eigenvalue weighted by Gasteiger charge is -2.25. The minimum absolute atomic E-state index is 0.174. The Kier molecular flexibility index (Phi) is 11.6. The van der Waals surface area contributed by atoms with E-state index < -0.39 is 45.5 Å². The van der Waals surface area contributed by atoms with Crippen molar-refractivity contribution in [2.45, 2.75) is 51.5 Å². The molecule has 6 N–H and O–H groups in total. The highest BCUT2D eigenvalue weighted by Crippen LogP contribution is 2.62. The van der Waals surface area contributed by atoms with E-state index in [0.29, 0.717) is 0 Å². The minimum atomic E-state index is -4.97. The topological polar surface area (TPSA) is 164 Å². The van der Waals surface area contributed by atoms with Gasteiger partial charge in [-0.3, -0.25) is 13.9 Å². The Labute approximate surface area is 159 Å². The Hall–Kier alpha value is -0.790. The molecule has 9 nitrogen and oxygen atoms in total. The van der Waals surface area contributed by atoms with Crippen molar-refractivity contribution in [2.24, 2.45) is 0 Å². The van der Waals surface area contributed by atoms with Gasteiger partial charge in [-0.15, -0.1) is 0 Å².